The highest BCUT2D eigenvalue weighted by atomic mass is 15.1. The fraction of sp³-hybridized carbons (Fsp3) is 0.400. The van der Waals surface area contributed by atoms with Gasteiger partial charge in [0.1, 0.15) is 0 Å². The zero-order valence-electron chi connectivity index (χ0n) is 7.67. The van der Waals surface area contributed by atoms with Gasteiger partial charge < -0.3 is 4.90 Å². The van der Waals surface area contributed by atoms with E-state index in [1.54, 1.807) is 6.08 Å². The monoisotopic (exact) mass is 151 g/mol. The van der Waals surface area contributed by atoms with Crippen LogP contribution in [0.25, 0.3) is 0 Å². The first-order valence-electron chi connectivity index (χ1n) is 3.83. The molecule has 0 heterocycles. The molecular formula is C10H17N. The van der Waals surface area contributed by atoms with Crippen molar-refractivity contribution in [3.05, 3.63) is 37.2 Å². The molecule has 0 aromatic rings. The smallest absolute Gasteiger partial charge is 0.0276 e. The van der Waals surface area contributed by atoms with Gasteiger partial charge in [0, 0.05) is 11.7 Å². The Hall–Kier alpha value is -0.980. The molecule has 0 saturated carbocycles. The van der Waals surface area contributed by atoms with Gasteiger partial charge in [-0.3, -0.25) is 0 Å². The van der Waals surface area contributed by atoms with Crippen LogP contribution in [0.3, 0.4) is 0 Å². The van der Waals surface area contributed by atoms with Gasteiger partial charge >= 0.3 is 0 Å². The van der Waals surface area contributed by atoms with E-state index >= 15 is 0 Å². The van der Waals surface area contributed by atoms with Crippen molar-refractivity contribution in [3.8, 4) is 0 Å². The molecular weight excluding hydrogens is 134 g/mol. The fourth-order valence-corrected chi connectivity index (χ4v) is 1.02. The predicted octanol–water partition coefficient (Wildman–Crippen LogP) is 2.93. The van der Waals surface area contributed by atoms with Crippen LogP contribution in [0.1, 0.15) is 20.8 Å². The average molecular weight is 151 g/mol. The van der Waals surface area contributed by atoms with E-state index in [-0.39, 0.29) is 0 Å². The first-order valence-corrected chi connectivity index (χ1v) is 3.83. The van der Waals surface area contributed by atoms with Crippen LogP contribution in [0.5, 0.6) is 0 Å². The van der Waals surface area contributed by atoms with Gasteiger partial charge in [0.15, 0.2) is 0 Å². The largest absolute Gasteiger partial charge is 0.350 e. The highest BCUT2D eigenvalue weighted by Gasteiger charge is 2.03. The summed E-state index contributed by atoms with van der Waals surface area (Å²) in [6.07, 6.45) is 5.59. The van der Waals surface area contributed by atoms with Crippen LogP contribution in [0, 0.1) is 0 Å². The number of hydrogen-bond donors (Lipinski definition) is 0. The average Bonchev–Trinajstić information content (AvgIpc) is 1.88. The molecule has 0 aromatic heterocycles. The Bertz CT molecular complexity index is 166. The third kappa shape index (κ3) is 3.08. The first-order chi connectivity index (χ1) is 5.13. The minimum atomic E-state index is 0.462. The molecule has 11 heavy (non-hydrogen) atoms. The molecule has 0 aliphatic carbocycles. The van der Waals surface area contributed by atoms with E-state index in [1.165, 1.54) is 5.70 Å². The molecule has 0 radical (unpaired) electrons. The second-order valence-electron chi connectivity index (χ2n) is 2.73. The van der Waals surface area contributed by atoms with Crippen molar-refractivity contribution in [1.82, 2.24) is 4.90 Å². The van der Waals surface area contributed by atoms with Gasteiger partial charge in [-0.15, -0.1) is 0 Å². The van der Waals surface area contributed by atoms with Crippen molar-refractivity contribution in [2.75, 3.05) is 0 Å². The minimum absolute atomic E-state index is 0.462. The SMILES string of the molecule is C=C/C=C(\C)N(C=C)C(C)C. The number of rotatable bonds is 4. The van der Waals surface area contributed by atoms with Crippen LogP contribution in [0.15, 0.2) is 37.2 Å². The number of allylic oxidation sites excluding steroid dienone is 3. The summed E-state index contributed by atoms with van der Waals surface area (Å²) >= 11 is 0. The van der Waals surface area contributed by atoms with Gasteiger partial charge in [-0.1, -0.05) is 19.2 Å². The Balaban J connectivity index is 4.36. The van der Waals surface area contributed by atoms with Crippen LogP contribution >= 0.6 is 0 Å². The minimum Gasteiger partial charge on any atom is -0.350 e. The molecule has 0 aromatic carbocycles. The summed E-state index contributed by atoms with van der Waals surface area (Å²) in [5, 5.41) is 0. The maximum Gasteiger partial charge on any atom is 0.0276 e. The second kappa shape index (κ2) is 4.78. The Morgan fingerprint density at radius 3 is 2.18 bits per heavy atom. The molecule has 0 spiro atoms. The Kier molecular flexibility index (Phi) is 4.35. The molecule has 1 nitrogen and oxygen atoms in total. The second-order valence-corrected chi connectivity index (χ2v) is 2.73. The van der Waals surface area contributed by atoms with Crippen molar-refractivity contribution >= 4 is 0 Å². The zero-order chi connectivity index (χ0) is 8.85. The van der Waals surface area contributed by atoms with E-state index in [0.29, 0.717) is 6.04 Å². The Labute approximate surface area is 69.7 Å². The first kappa shape index (κ1) is 10.0. The third-order valence-electron chi connectivity index (χ3n) is 1.52. The molecule has 0 aliphatic heterocycles. The lowest BCUT2D eigenvalue weighted by Crippen LogP contribution is -2.22. The van der Waals surface area contributed by atoms with E-state index in [4.69, 9.17) is 0 Å². The maximum absolute atomic E-state index is 3.74. The van der Waals surface area contributed by atoms with E-state index < -0.39 is 0 Å². The molecule has 0 aliphatic rings. The van der Waals surface area contributed by atoms with Crippen LogP contribution < -0.4 is 0 Å². The van der Waals surface area contributed by atoms with E-state index in [0.717, 1.165) is 0 Å². The van der Waals surface area contributed by atoms with E-state index in [1.807, 2.05) is 19.2 Å². The third-order valence-corrected chi connectivity index (χ3v) is 1.52. The molecule has 62 valence electrons. The molecule has 0 saturated heterocycles. The summed E-state index contributed by atoms with van der Waals surface area (Å²) in [6, 6.07) is 0.462. The molecule has 1 heteroatoms. The van der Waals surface area contributed by atoms with Crippen molar-refractivity contribution in [1.29, 1.82) is 0 Å². The summed E-state index contributed by atoms with van der Waals surface area (Å²) in [7, 11) is 0. The molecule has 0 N–H and O–H groups in total. The van der Waals surface area contributed by atoms with Crippen LogP contribution in [-0.2, 0) is 0 Å². The summed E-state index contributed by atoms with van der Waals surface area (Å²) in [5.74, 6) is 0. The zero-order valence-corrected chi connectivity index (χ0v) is 7.67. The van der Waals surface area contributed by atoms with Crippen LogP contribution in [-0.4, -0.2) is 10.9 Å². The molecule has 0 amide bonds. The quantitative estimate of drug-likeness (QED) is 0.558. The van der Waals surface area contributed by atoms with Gasteiger partial charge in [-0.05, 0) is 33.0 Å². The maximum atomic E-state index is 3.74. The highest BCUT2D eigenvalue weighted by molar-refractivity contribution is 5.09. The summed E-state index contributed by atoms with van der Waals surface area (Å²) < 4.78 is 0. The van der Waals surface area contributed by atoms with E-state index in [9.17, 15) is 0 Å². The van der Waals surface area contributed by atoms with Crippen LogP contribution in [0.4, 0.5) is 0 Å². The van der Waals surface area contributed by atoms with Gasteiger partial charge in [0.2, 0.25) is 0 Å². The van der Waals surface area contributed by atoms with Crippen molar-refractivity contribution in [2.24, 2.45) is 0 Å². The summed E-state index contributed by atoms with van der Waals surface area (Å²) in [5.41, 5.74) is 1.17. The molecule has 0 atom stereocenters. The van der Waals surface area contributed by atoms with Gasteiger partial charge in [0.25, 0.3) is 0 Å². The topological polar surface area (TPSA) is 3.24 Å². The Morgan fingerprint density at radius 2 is 1.91 bits per heavy atom. The number of nitrogens with zero attached hydrogens (tertiary/aromatic N) is 1. The van der Waals surface area contributed by atoms with E-state index in [2.05, 4.69) is 31.9 Å². The fourth-order valence-electron chi connectivity index (χ4n) is 1.02. The lowest BCUT2D eigenvalue weighted by molar-refractivity contribution is 0.386. The lowest BCUT2D eigenvalue weighted by atomic mass is 10.3. The molecule has 0 fully saturated rings. The van der Waals surface area contributed by atoms with Gasteiger partial charge in [-0.25, -0.2) is 0 Å². The van der Waals surface area contributed by atoms with Crippen molar-refractivity contribution in [2.45, 2.75) is 26.8 Å². The number of hydrogen-bond acceptors (Lipinski definition) is 1. The highest BCUT2D eigenvalue weighted by Crippen LogP contribution is 2.08. The Morgan fingerprint density at radius 1 is 1.36 bits per heavy atom. The lowest BCUT2D eigenvalue weighted by Gasteiger charge is -2.24. The summed E-state index contributed by atoms with van der Waals surface area (Å²) in [4.78, 5) is 2.10. The van der Waals surface area contributed by atoms with Crippen LogP contribution in [0.2, 0.25) is 0 Å². The predicted molar refractivity (Wildman–Crippen MR) is 51.1 cm³/mol. The van der Waals surface area contributed by atoms with Crippen molar-refractivity contribution in [3.63, 3.8) is 0 Å². The normalized spacial score (nSPS) is 11.5. The summed E-state index contributed by atoms with van der Waals surface area (Å²) in [6.45, 7) is 13.7. The molecule has 0 unspecified atom stereocenters. The standard InChI is InChI=1S/C10H17N/c1-6-8-10(5)11(7-2)9(3)4/h6-9H,1-2H2,3-5H3/b10-8+. The van der Waals surface area contributed by atoms with Gasteiger partial charge in [0.05, 0.1) is 0 Å². The van der Waals surface area contributed by atoms with Crippen molar-refractivity contribution < 1.29 is 0 Å². The molecule has 0 bridgehead atoms. The molecule has 0 rings (SSSR count). The van der Waals surface area contributed by atoms with Gasteiger partial charge in [-0.2, -0.15) is 0 Å².